The van der Waals surface area contributed by atoms with Gasteiger partial charge in [-0.15, -0.1) is 10.2 Å². The molecule has 1 aromatic heterocycles. The van der Waals surface area contributed by atoms with Crippen molar-refractivity contribution >= 4 is 17.5 Å². The van der Waals surface area contributed by atoms with Crippen LogP contribution in [0.3, 0.4) is 0 Å². The van der Waals surface area contributed by atoms with Gasteiger partial charge in [-0.25, -0.2) is 0 Å². The van der Waals surface area contributed by atoms with Gasteiger partial charge in [-0.3, -0.25) is 4.79 Å². The lowest BCUT2D eigenvalue weighted by atomic mass is 10.0. The highest BCUT2D eigenvalue weighted by atomic mass is 32.2. The van der Waals surface area contributed by atoms with Gasteiger partial charge < -0.3 is 4.57 Å². The number of benzene rings is 1. The average Bonchev–Trinajstić information content (AvgIpc) is 3.36. The highest BCUT2D eigenvalue weighted by Gasteiger charge is 2.32. The molecule has 120 valence electrons. The second-order valence-electron chi connectivity index (χ2n) is 6.38. The molecule has 0 N–H and O–H groups in total. The van der Waals surface area contributed by atoms with Gasteiger partial charge >= 0.3 is 0 Å². The van der Waals surface area contributed by atoms with Gasteiger partial charge in [0.15, 0.2) is 10.9 Å². The smallest absolute Gasteiger partial charge is 0.191 e. The Morgan fingerprint density at radius 1 is 1.22 bits per heavy atom. The summed E-state index contributed by atoms with van der Waals surface area (Å²) in [6, 6.07) is 8.04. The van der Waals surface area contributed by atoms with Crippen molar-refractivity contribution in [3.8, 4) is 0 Å². The van der Waals surface area contributed by atoms with Gasteiger partial charge in [-0.05, 0) is 44.6 Å². The highest BCUT2D eigenvalue weighted by molar-refractivity contribution is 8.00. The molecular weight excluding hydrogens is 306 g/mol. The number of thioether (sulfide) groups is 1. The van der Waals surface area contributed by atoms with Crippen molar-refractivity contribution in [2.75, 3.05) is 0 Å². The summed E-state index contributed by atoms with van der Waals surface area (Å²) in [6.45, 7) is 3.00. The molecule has 1 saturated carbocycles. The third kappa shape index (κ3) is 2.82. The van der Waals surface area contributed by atoms with E-state index in [0.29, 0.717) is 5.92 Å². The number of carbonyl (C=O) groups is 1. The fourth-order valence-corrected chi connectivity index (χ4v) is 4.54. The lowest BCUT2D eigenvalue weighted by Gasteiger charge is -2.14. The third-order valence-electron chi connectivity index (χ3n) is 4.74. The van der Waals surface area contributed by atoms with Crippen molar-refractivity contribution in [3.05, 3.63) is 41.2 Å². The first-order valence-corrected chi connectivity index (χ1v) is 9.37. The Morgan fingerprint density at radius 3 is 2.83 bits per heavy atom. The van der Waals surface area contributed by atoms with Crippen LogP contribution in [0.2, 0.25) is 0 Å². The van der Waals surface area contributed by atoms with Crippen molar-refractivity contribution in [2.24, 2.45) is 0 Å². The summed E-state index contributed by atoms with van der Waals surface area (Å²) in [5.74, 6) is 1.94. The van der Waals surface area contributed by atoms with Crippen LogP contribution in [-0.4, -0.2) is 25.8 Å². The number of nitrogens with zero attached hydrogens (tertiary/aromatic N) is 3. The maximum absolute atomic E-state index is 12.9. The zero-order chi connectivity index (χ0) is 15.8. The van der Waals surface area contributed by atoms with Crippen LogP contribution >= 0.6 is 11.8 Å². The SMILES string of the molecule is CCn1c(SC2CCCc3ccccc3C2=O)nnc1C1CC1. The number of fused-ring (bicyclic) bond motifs is 1. The first-order chi connectivity index (χ1) is 11.3. The second-order valence-corrected chi connectivity index (χ2v) is 7.55. The Bertz CT molecular complexity index is 736. The van der Waals surface area contributed by atoms with E-state index in [1.54, 1.807) is 11.8 Å². The third-order valence-corrected chi connectivity index (χ3v) is 5.99. The molecule has 1 atom stereocenters. The van der Waals surface area contributed by atoms with Gasteiger partial charge in [-0.2, -0.15) is 0 Å². The topological polar surface area (TPSA) is 47.8 Å². The van der Waals surface area contributed by atoms with Crippen LogP contribution in [0.25, 0.3) is 0 Å². The number of ketones is 1. The molecule has 2 aliphatic carbocycles. The van der Waals surface area contributed by atoms with Crippen molar-refractivity contribution in [3.63, 3.8) is 0 Å². The van der Waals surface area contributed by atoms with Crippen LogP contribution in [0.1, 0.15) is 60.3 Å². The van der Waals surface area contributed by atoms with Crippen LogP contribution in [0.15, 0.2) is 29.4 Å². The first-order valence-electron chi connectivity index (χ1n) is 8.49. The number of aromatic nitrogens is 3. The lowest BCUT2D eigenvalue weighted by molar-refractivity contribution is 0.0988. The molecule has 5 heteroatoms. The summed E-state index contributed by atoms with van der Waals surface area (Å²) in [5.41, 5.74) is 2.09. The van der Waals surface area contributed by atoms with Gasteiger partial charge in [0.2, 0.25) is 0 Å². The van der Waals surface area contributed by atoms with E-state index in [0.717, 1.165) is 42.4 Å². The number of carbonyl (C=O) groups excluding carboxylic acids is 1. The fraction of sp³-hybridized carbons (Fsp3) is 0.500. The maximum atomic E-state index is 12.9. The van der Waals surface area contributed by atoms with Gasteiger partial charge in [0.25, 0.3) is 0 Å². The van der Waals surface area contributed by atoms with Crippen LogP contribution < -0.4 is 0 Å². The van der Waals surface area contributed by atoms with E-state index >= 15 is 0 Å². The van der Waals surface area contributed by atoms with E-state index in [9.17, 15) is 4.79 Å². The zero-order valence-corrected chi connectivity index (χ0v) is 14.2. The predicted molar refractivity (Wildman–Crippen MR) is 91.0 cm³/mol. The molecule has 0 radical (unpaired) electrons. The molecule has 1 fully saturated rings. The number of Topliss-reactive ketones (excluding diaryl/α,β-unsaturated/α-hetero) is 1. The molecule has 1 heterocycles. The number of hydrogen-bond donors (Lipinski definition) is 0. The molecule has 2 aromatic rings. The van der Waals surface area contributed by atoms with Crippen molar-refractivity contribution < 1.29 is 4.79 Å². The van der Waals surface area contributed by atoms with E-state index in [4.69, 9.17) is 0 Å². The monoisotopic (exact) mass is 327 g/mol. The fourth-order valence-electron chi connectivity index (χ4n) is 3.33. The molecule has 4 nitrogen and oxygen atoms in total. The lowest BCUT2D eigenvalue weighted by Crippen LogP contribution is -2.17. The predicted octanol–water partition coefficient (Wildman–Crippen LogP) is 3.86. The Hall–Kier alpha value is -1.62. The number of aryl methyl sites for hydroxylation is 1. The molecule has 2 aliphatic rings. The van der Waals surface area contributed by atoms with E-state index < -0.39 is 0 Å². The maximum Gasteiger partial charge on any atom is 0.191 e. The molecule has 0 bridgehead atoms. The molecule has 1 aromatic carbocycles. The van der Waals surface area contributed by atoms with E-state index in [2.05, 4.69) is 27.8 Å². The summed E-state index contributed by atoms with van der Waals surface area (Å²) < 4.78 is 2.20. The molecular formula is C18H21N3OS. The van der Waals surface area contributed by atoms with E-state index in [-0.39, 0.29) is 11.0 Å². The van der Waals surface area contributed by atoms with E-state index in [1.165, 1.54) is 18.4 Å². The van der Waals surface area contributed by atoms with Crippen molar-refractivity contribution in [1.82, 2.24) is 14.8 Å². The first kappa shape index (κ1) is 14.9. The quantitative estimate of drug-likeness (QED) is 0.800. The highest BCUT2D eigenvalue weighted by Crippen LogP contribution is 2.41. The average molecular weight is 327 g/mol. The summed E-state index contributed by atoms with van der Waals surface area (Å²) >= 11 is 1.61. The standard InChI is InChI=1S/C18H21N3OS/c1-2-21-17(13-10-11-13)19-20-18(21)23-15-9-5-7-12-6-3-4-8-14(12)16(15)22/h3-4,6,8,13,15H,2,5,7,9-11H2,1H3. The second kappa shape index (κ2) is 6.11. The van der Waals surface area contributed by atoms with Crippen LogP contribution in [-0.2, 0) is 13.0 Å². The molecule has 1 unspecified atom stereocenters. The molecule has 0 aliphatic heterocycles. The largest absolute Gasteiger partial charge is 0.306 e. The molecule has 0 spiro atoms. The van der Waals surface area contributed by atoms with Crippen LogP contribution in [0.5, 0.6) is 0 Å². The van der Waals surface area contributed by atoms with Gasteiger partial charge in [0.1, 0.15) is 5.82 Å². The molecule has 0 amide bonds. The number of rotatable bonds is 4. The summed E-state index contributed by atoms with van der Waals surface area (Å²) in [7, 11) is 0. The molecule has 0 saturated heterocycles. The van der Waals surface area contributed by atoms with Crippen molar-refractivity contribution in [2.45, 2.75) is 61.9 Å². The summed E-state index contributed by atoms with van der Waals surface area (Å²) in [5, 5.41) is 9.64. The minimum Gasteiger partial charge on any atom is -0.306 e. The normalized spacial score (nSPS) is 21.1. The Balaban J connectivity index is 1.60. The Kier molecular flexibility index (Phi) is 3.97. The number of hydrogen-bond acceptors (Lipinski definition) is 4. The van der Waals surface area contributed by atoms with Crippen LogP contribution in [0, 0.1) is 0 Å². The minimum absolute atomic E-state index is 0.0415. The Labute approximate surface area is 140 Å². The zero-order valence-electron chi connectivity index (χ0n) is 13.4. The van der Waals surface area contributed by atoms with E-state index in [1.807, 2.05) is 18.2 Å². The molecule has 23 heavy (non-hydrogen) atoms. The van der Waals surface area contributed by atoms with Crippen molar-refractivity contribution in [1.29, 1.82) is 0 Å². The van der Waals surface area contributed by atoms with Gasteiger partial charge in [-0.1, -0.05) is 36.0 Å². The Morgan fingerprint density at radius 2 is 2.04 bits per heavy atom. The van der Waals surface area contributed by atoms with Gasteiger partial charge in [0.05, 0.1) is 5.25 Å². The molecule has 4 rings (SSSR count). The van der Waals surface area contributed by atoms with Crippen LogP contribution in [0.4, 0.5) is 0 Å². The van der Waals surface area contributed by atoms with Gasteiger partial charge in [0, 0.05) is 18.0 Å². The minimum atomic E-state index is -0.0415. The summed E-state index contributed by atoms with van der Waals surface area (Å²) in [6.07, 6.45) is 5.40. The summed E-state index contributed by atoms with van der Waals surface area (Å²) in [4.78, 5) is 12.9.